The highest BCUT2D eigenvalue weighted by molar-refractivity contribution is 9.10. The fourth-order valence-electron chi connectivity index (χ4n) is 1.00. The van der Waals surface area contributed by atoms with Crippen molar-refractivity contribution in [2.75, 3.05) is 0 Å². The molecule has 56 valence electrons. The molecule has 0 amide bonds. The van der Waals surface area contributed by atoms with E-state index in [4.69, 9.17) is 0 Å². The summed E-state index contributed by atoms with van der Waals surface area (Å²) < 4.78 is 0.756. The van der Waals surface area contributed by atoms with Gasteiger partial charge in [0.25, 0.3) is 0 Å². The van der Waals surface area contributed by atoms with Crippen LogP contribution in [0.3, 0.4) is 0 Å². The van der Waals surface area contributed by atoms with Crippen LogP contribution in [0.1, 0.15) is 5.56 Å². The molecule has 2 heterocycles. The zero-order valence-electron chi connectivity index (χ0n) is 5.93. The number of nitrogens with zero attached hydrogens (tertiary/aromatic N) is 2. The van der Waals surface area contributed by atoms with E-state index in [0.29, 0.717) is 0 Å². The maximum atomic E-state index is 4.20. The van der Waals surface area contributed by atoms with Crippen LogP contribution in [-0.2, 0) is 0 Å². The molecule has 0 aliphatic carbocycles. The highest BCUT2D eigenvalue weighted by Gasteiger charge is 2.00. The summed E-state index contributed by atoms with van der Waals surface area (Å²) in [6.07, 6.45) is 3.60. The summed E-state index contributed by atoms with van der Waals surface area (Å²) in [7, 11) is 0. The van der Waals surface area contributed by atoms with Gasteiger partial charge in [-0.25, -0.2) is 9.97 Å². The van der Waals surface area contributed by atoms with Gasteiger partial charge in [0.1, 0.15) is 10.1 Å². The summed E-state index contributed by atoms with van der Waals surface area (Å²) in [5.41, 5.74) is 2.89. The van der Waals surface area contributed by atoms with Gasteiger partial charge in [-0.15, -0.1) is 0 Å². The number of aryl methyl sites for hydroxylation is 1. The Morgan fingerprint density at radius 3 is 3.18 bits per heavy atom. The van der Waals surface area contributed by atoms with Gasteiger partial charge in [-0.05, 0) is 28.4 Å². The van der Waals surface area contributed by atoms with E-state index in [9.17, 15) is 0 Å². The molecule has 0 saturated carbocycles. The van der Waals surface area contributed by atoms with Crippen LogP contribution in [0.15, 0.2) is 17.0 Å². The number of aromatic nitrogens is 3. The van der Waals surface area contributed by atoms with Crippen molar-refractivity contribution >= 4 is 27.1 Å². The molecule has 2 rings (SSSR count). The molecule has 0 unspecified atom stereocenters. The Balaban J connectivity index is 2.86. The Hall–Kier alpha value is -0.900. The number of aromatic amines is 1. The Kier molecular flexibility index (Phi) is 1.42. The number of H-pyrrole nitrogens is 1. The lowest BCUT2D eigenvalue weighted by Gasteiger charge is -1.89. The van der Waals surface area contributed by atoms with Gasteiger partial charge in [-0.1, -0.05) is 0 Å². The predicted octanol–water partition coefficient (Wildman–Crippen LogP) is 2.03. The van der Waals surface area contributed by atoms with Crippen molar-refractivity contribution in [3.8, 4) is 0 Å². The predicted molar refractivity (Wildman–Crippen MR) is 46.3 cm³/mol. The van der Waals surface area contributed by atoms with Crippen LogP contribution in [-0.4, -0.2) is 15.0 Å². The first kappa shape index (κ1) is 6.79. The van der Waals surface area contributed by atoms with Gasteiger partial charge in [-0.3, -0.25) is 0 Å². The van der Waals surface area contributed by atoms with Crippen molar-refractivity contribution in [2.45, 2.75) is 6.92 Å². The SMILES string of the molecule is Cc1c[nH]c2nc(Br)cnc12. The largest absolute Gasteiger partial charge is 0.344 e. The molecule has 11 heavy (non-hydrogen) atoms. The average Bonchev–Trinajstić information content (AvgIpc) is 2.32. The molecule has 0 saturated heterocycles. The van der Waals surface area contributed by atoms with Gasteiger partial charge in [0.15, 0.2) is 5.65 Å². The normalized spacial score (nSPS) is 10.7. The van der Waals surface area contributed by atoms with Crippen LogP contribution in [0.4, 0.5) is 0 Å². The van der Waals surface area contributed by atoms with E-state index in [2.05, 4.69) is 30.9 Å². The Morgan fingerprint density at radius 2 is 2.36 bits per heavy atom. The van der Waals surface area contributed by atoms with E-state index < -0.39 is 0 Å². The van der Waals surface area contributed by atoms with Gasteiger partial charge < -0.3 is 4.98 Å². The average molecular weight is 212 g/mol. The number of halogens is 1. The summed E-state index contributed by atoms with van der Waals surface area (Å²) in [6, 6.07) is 0. The third-order valence-electron chi connectivity index (χ3n) is 1.54. The minimum Gasteiger partial charge on any atom is -0.344 e. The molecular weight excluding hydrogens is 206 g/mol. The van der Waals surface area contributed by atoms with Crippen LogP contribution < -0.4 is 0 Å². The molecule has 0 aliphatic heterocycles. The molecule has 0 spiro atoms. The van der Waals surface area contributed by atoms with Crippen LogP contribution in [0, 0.1) is 6.92 Å². The minimum absolute atomic E-state index is 0.756. The number of nitrogens with one attached hydrogen (secondary N) is 1. The van der Waals surface area contributed by atoms with E-state index in [1.807, 2.05) is 13.1 Å². The summed E-state index contributed by atoms with van der Waals surface area (Å²) in [5.74, 6) is 0. The third-order valence-corrected chi connectivity index (χ3v) is 1.92. The van der Waals surface area contributed by atoms with E-state index in [1.165, 1.54) is 0 Å². The van der Waals surface area contributed by atoms with E-state index in [-0.39, 0.29) is 0 Å². The van der Waals surface area contributed by atoms with Crippen molar-refractivity contribution in [1.29, 1.82) is 0 Å². The Morgan fingerprint density at radius 1 is 1.55 bits per heavy atom. The zero-order valence-corrected chi connectivity index (χ0v) is 7.51. The van der Waals surface area contributed by atoms with Crippen LogP contribution in [0.25, 0.3) is 11.2 Å². The van der Waals surface area contributed by atoms with Gasteiger partial charge in [0.05, 0.1) is 6.20 Å². The lowest BCUT2D eigenvalue weighted by Crippen LogP contribution is -1.81. The molecule has 0 aliphatic rings. The van der Waals surface area contributed by atoms with Crippen molar-refractivity contribution in [1.82, 2.24) is 15.0 Å². The van der Waals surface area contributed by atoms with Crippen LogP contribution >= 0.6 is 15.9 Å². The first-order chi connectivity index (χ1) is 5.27. The summed E-state index contributed by atoms with van der Waals surface area (Å²) in [4.78, 5) is 11.4. The van der Waals surface area contributed by atoms with Crippen molar-refractivity contribution in [2.24, 2.45) is 0 Å². The first-order valence-electron chi connectivity index (χ1n) is 3.23. The standard InChI is InChI=1S/C7H6BrN3/c1-4-2-10-7-6(4)9-3-5(8)11-7/h2-3H,1H3,(H,10,11). The summed E-state index contributed by atoms with van der Waals surface area (Å²) in [6.45, 7) is 2.00. The molecule has 2 aromatic heterocycles. The highest BCUT2D eigenvalue weighted by Crippen LogP contribution is 2.14. The van der Waals surface area contributed by atoms with Crippen LogP contribution in [0.2, 0.25) is 0 Å². The van der Waals surface area contributed by atoms with Crippen molar-refractivity contribution in [3.05, 3.63) is 22.6 Å². The number of hydrogen-bond donors (Lipinski definition) is 1. The lowest BCUT2D eigenvalue weighted by atomic mass is 10.3. The van der Waals surface area contributed by atoms with E-state index in [0.717, 1.165) is 21.3 Å². The quantitative estimate of drug-likeness (QED) is 0.725. The van der Waals surface area contributed by atoms with Gasteiger partial charge in [0, 0.05) is 6.20 Å². The van der Waals surface area contributed by atoms with Gasteiger partial charge in [0.2, 0.25) is 0 Å². The molecule has 4 heteroatoms. The van der Waals surface area contributed by atoms with Crippen molar-refractivity contribution in [3.63, 3.8) is 0 Å². The fourth-order valence-corrected chi connectivity index (χ4v) is 1.28. The van der Waals surface area contributed by atoms with Crippen LogP contribution in [0.5, 0.6) is 0 Å². The minimum atomic E-state index is 0.756. The van der Waals surface area contributed by atoms with E-state index >= 15 is 0 Å². The molecule has 0 bridgehead atoms. The Bertz CT molecular complexity index is 393. The van der Waals surface area contributed by atoms with Crippen molar-refractivity contribution < 1.29 is 0 Å². The summed E-state index contributed by atoms with van der Waals surface area (Å²) >= 11 is 3.25. The molecule has 0 fully saturated rings. The number of hydrogen-bond acceptors (Lipinski definition) is 2. The fraction of sp³-hybridized carbons (Fsp3) is 0.143. The molecular formula is C7H6BrN3. The number of fused-ring (bicyclic) bond motifs is 1. The molecule has 3 nitrogen and oxygen atoms in total. The molecule has 0 atom stereocenters. The van der Waals surface area contributed by atoms with Gasteiger partial charge >= 0.3 is 0 Å². The molecule has 1 N–H and O–H groups in total. The highest BCUT2D eigenvalue weighted by atomic mass is 79.9. The summed E-state index contributed by atoms with van der Waals surface area (Å²) in [5, 5.41) is 0. The topological polar surface area (TPSA) is 41.6 Å². The smallest absolute Gasteiger partial charge is 0.157 e. The second-order valence-electron chi connectivity index (χ2n) is 2.36. The molecule has 0 radical (unpaired) electrons. The number of rotatable bonds is 0. The zero-order chi connectivity index (χ0) is 7.84. The second-order valence-corrected chi connectivity index (χ2v) is 3.17. The lowest BCUT2D eigenvalue weighted by molar-refractivity contribution is 1.22. The molecule has 2 aromatic rings. The third kappa shape index (κ3) is 1.03. The van der Waals surface area contributed by atoms with Gasteiger partial charge in [-0.2, -0.15) is 0 Å². The first-order valence-corrected chi connectivity index (χ1v) is 4.03. The van der Waals surface area contributed by atoms with E-state index in [1.54, 1.807) is 6.20 Å². The monoisotopic (exact) mass is 211 g/mol. The molecule has 0 aromatic carbocycles. The maximum absolute atomic E-state index is 4.20. The second kappa shape index (κ2) is 2.30. The maximum Gasteiger partial charge on any atom is 0.157 e. The Labute approximate surface area is 72.0 Å².